The van der Waals surface area contributed by atoms with Crippen LogP contribution in [-0.2, 0) is 14.8 Å². The number of benzene rings is 1. The quantitative estimate of drug-likeness (QED) is 0.620. The first-order valence-corrected chi connectivity index (χ1v) is 6.44. The van der Waals surface area contributed by atoms with Crippen LogP contribution in [0.3, 0.4) is 0 Å². The number of esters is 1. The zero-order valence-electron chi connectivity index (χ0n) is 9.45. The Bertz CT molecular complexity index is 674. The van der Waals surface area contributed by atoms with Crippen LogP contribution in [0.15, 0.2) is 39.3 Å². The van der Waals surface area contributed by atoms with Gasteiger partial charge in [-0.2, -0.15) is 12.8 Å². The second kappa shape index (κ2) is 4.26. The number of carbonyl (C=O) groups excluding carboxylic acids is 1. The van der Waals surface area contributed by atoms with E-state index < -0.39 is 21.0 Å². The summed E-state index contributed by atoms with van der Waals surface area (Å²) in [5.74, 6) is -0.493. The lowest BCUT2D eigenvalue weighted by molar-refractivity contribution is -0.129. The van der Waals surface area contributed by atoms with Gasteiger partial charge in [0.25, 0.3) is 10.0 Å². The van der Waals surface area contributed by atoms with E-state index in [-0.39, 0.29) is 5.57 Å². The summed E-state index contributed by atoms with van der Waals surface area (Å²) in [5, 5.41) is -0.582. The molecular weight excluding hydrogens is 256 g/mol. The molecule has 7 heteroatoms. The van der Waals surface area contributed by atoms with Gasteiger partial charge in [-0.3, -0.25) is 0 Å². The average Bonchev–Trinajstić information content (AvgIpc) is 2.58. The van der Waals surface area contributed by atoms with E-state index in [1.165, 1.54) is 0 Å². The van der Waals surface area contributed by atoms with Crippen LogP contribution in [0, 0.1) is 6.92 Å². The second-order valence-electron chi connectivity index (χ2n) is 3.64. The Hall–Kier alpha value is -2.15. The maximum atomic E-state index is 11.7. The van der Waals surface area contributed by atoms with Crippen molar-refractivity contribution in [1.82, 2.24) is 0 Å². The lowest BCUT2D eigenvalue weighted by Gasteiger charge is -2.06. The molecule has 1 aliphatic heterocycles. The fraction of sp³-hybridized carbons (Fsp3) is 0.0909. The highest BCUT2D eigenvalue weighted by Gasteiger charge is 2.28. The largest absolute Gasteiger partial charge is 0.423 e. The Kier molecular flexibility index (Phi) is 2.92. The zero-order chi connectivity index (χ0) is 13.3. The number of rotatable bonds is 2. The first-order valence-electron chi connectivity index (χ1n) is 5.00. The standard InChI is InChI=1S/C11H10N2O4S/c1-7-4-2-3-5-9(7)17-11(14)8-6-13-18(15,16)10(8)12/h2-6H,12H2,1H3. The molecule has 0 aromatic heterocycles. The number of hydrogen-bond donors (Lipinski definition) is 1. The molecule has 0 aliphatic carbocycles. The van der Waals surface area contributed by atoms with E-state index in [0.29, 0.717) is 5.75 Å². The Labute approximate surface area is 104 Å². The molecule has 2 rings (SSSR count). The first kappa shape index (κ1) is 12.3. The molecule has 6 nitrogen and oxygen atoms in total. The van der Waals surface area contributed by atoms with Crippen LogP contribution >= 0.6 is 0 Å². The number of nitrogens with zero attached hydrogens (tertiary/aromatic N) is 1. The monoisotopic (exact) mass is 266 g/mol. The maximum absolute atomic E-state index is 11.7. The lowest BCUT2D eigenvalue weighted by Crippen LogP contribution is -2.17. The molecule has 0 bridgehead atoms. The molecule has 1 aromatic carbocycles. The summed E-state index contributed by atoms with van der Waals surface area (Å²) < 4.78 is 30.6. The van der Waals surface area contributed by atoms with Gasteiger partial charge in [0, 0.05) is 0 Å². The fourth-order valence-electron chi connectivity index (χ4n) is 1.36. The van der Waals surface area contributed by atoms with E-state index in [9.17, 15) is 13.2 Å². The van der Waals surface area contributed by atoms with Gasteiger partial charge in [0.05, 0.1) is 6.21 Å². The second-order valence-corrected chi connectivity index (χ2v) is 5.24. The molecule has 0 spiro atoms. The molecule has 0 unspecified atom stereocenters. The summed E-state index contributed by atoms with van der Waals surface area (Å²) >= 11 is 0. The molecule has 0 radical (unpaired) electrons. The van der Waals surface area contributed by atoms with Crippen LogP contribution in [0.2, 0.25) is 0 Å². The van der Waals surface area contributed by atoms with Crippen LogP contribution in [0.25, 0.3) is 0 Å². The number of aryl methyl sites for hydroxylation is 1. The van der Waals surface area contributed by atoms with Crippen molar-refractivity contribution in [3.8, 4) is 5.75 Å². The van der Waals surface area contributed by atoms with E-state index in [0.717, 1.165) is 11.8 Å². The van der Waals surface area contributed by atoms with E-state index in [1.54, 1.807) is 31.2 Å². The highest BCUT2D eigenvalue weighted by molar-refractivity contribution is 7.94. The van der Waals surface area contributed by atoms with Gasteiger partial charge in [-0.25, -0.2) is 4.79 Å². The predicted octanol–water partition coefficient (Wildman–Crippen LogP) is 0.485. The Morgan fingerprint density at radius 3 is 2.56 bits per heavy atom. The first-order chi connectivity index (χ1) is 8.42. The number of carbonyl (C=O) groups is 1. The third kappa shape index (κ3) is 2.12. The number of nitrogens with two attached hydrogens (primary N) is 1. The molecule has 0 amide bonds. The summed E-state index contributed by atoms with van der Waals surface area (Å²) in [6.45, 7) is 1.76. The van der Waals surface area contributed by atoms with Crippen molar-refractivity contribution in [2.24, 2.45) is 10.1 Å². The molecule has 0 fully saturated rings. The predicted molar refractivity (Wildman–Crippen MR) is 65.4 cm³/mol. The molecule has 2 N–H and O–H groups in total. The molecular formula is C11H10N2O4S. The van der Waals surface area contributed by atoms with E-state index in [1.807, 2.05) is 0 Å². The molecule has 1 aromatic rings. The Morgan fingerprint density at radius 2 is 2.00 bits per heavy atom. The third-order valence-electron chi connectivity index (χ3n) is 2.38. The van der Waals surface area contributed by atoms with E-state index in [2.05, 4.69) is 4.40 Å². The van der Waals surface area contributed by atoms with Crippen LogP contribution in [-0.4, -0.2) is 20.6 Å². The van der Waals surface area contributed by atoms with Crippen LogP contribution in [0.5, 0.6) is 5.75 Å². The van der Waals surface area contributed by atoms with Crippen LogP contribution in [0.4, 0.5) is 0 Å². The molecule has 1 aliphatic rings. The van der Waals surface area contributed by atoms with Crippen molar-refractivity contribution in [3.63, 3.8) is 0 Å². The molecule has 0 atom stereocenters. The van der Waals surface area contributed by atoms with E-state index in [4.69, 9.17) is 10.5 Å². The third-order valence-corrected chi connectivity index (χ3v) is 3.54. The van der Waals surface area contributed by atoms with Crippen molar-refractivity contribution >= 4 is 22.2 Å². The Morgan fingerprint density at radius 1 is 1.33 bits per heavy atom. The summed E-state index contributed by atoms with van der Waals surface area (Å²) in [5.41, 5.74) is 5.82. The summed E-state index contributed by atoms with van der Waals surface area (Å²) in [7, 11) is -3.90. The number of hydrogen-bond acceptors (Lipinski definition) is 5. The summed E-state index contributed by atoms with van der Waals surface area (Å²) in [6, 6.07) is 6.86. The van der Waals surface area contributed by atoms with Crippen molar-refractivity contribution in [2.75, 3.05) is 0 Å². The van der Waals surface area contributed by atoms with Gasteiger partial charge in [0.2, 0.25) is 0 Å². The number of ether oxygens (including phenoxy) is 1. The molecule has 0 saturated carbocycles. The van der Waals surface area contributed by atoms with Crippen molar-refractivity contribution in [1.29, 1.82) is 0 Å². The van der Waals surface area contributed by atoms with Crippen molar-refractivity contribution in [3.05, 3.63) is 40.4 Å². The van der Waals surface area contributed by atoms with E-state index >= 15 is 0 Å². The fourth-order valence-corrected chi connectivity index (χ4v) is 2.13. The minimum absolute atomic E-state index is 0.252. The van der Waals surface area contributed by atoms with Crippen molar-refractivity contribution in [2.45, 2.75) is 6.92 Å². The van der Waals surface area contributed by atoms with Crippen LogP contribution < -0.4 is 10.5 Å². The topological polar surface area (TPSA) is 98.8 Å². The smallest absolute Gasteiger partial charge is 0.348 e. The normalized spacial score (nSPS) is 16.9. The van der Waals surface area contributed by atoms with Gasteiger partial charge >= 0.3 is 5.97 Å². The lowest BCUT2D eigenvalue weighted by atomic mass is 10.2. The molecule has 0 saturated heterocycles. The molecule has 94 valence electrons. The minimum Gasteiger partial charge on any atom is -0.423 e. The van der Waals surface area contributed by atoms with Crippen LogP contribution in [0.1, 0.15) is 5.56 Å². The average molecular weight is 266 g/mol. The maximum Gasteiger partial charge on any atom is 0.348 e. The van der Waals surface area contributed by atoms with Gasteiger partial charge in [-0.1, -0.05) is 18.2 Å². The summed E-state index contributed by atoms with van der Waals surface area (Å²) in [6.07, 6.45) is 0.894. The highest BCUT2D eigenvalue weighted by atomic mass is 32.2. The summed E-state index contributed by atoms with van der Waals surface area (Å²) in [4.78, 5) is 11.7. The zero-order valence-corrected chi connectivity index (χ0v) is 10.3. The Balaban J connectivity index is 2.29. The SMILES string of the molecule is Cc1ccccc1OC(=O)C1=C(N)S(=O)(=O)N=C1. The van der Waals surface area contributed by atoms with Crippen molar-refractivity contribution < 1.29 is 17.9 Å². The minimum atomic E-state index is -3.90. The van der Waals surface area contributed by atoms with Gasteiger partial charge < -0.3 is 10.5 Å². The van der Waals surface area contributed by atoms with Gasteiger partial charge in [-0.05, 0) is 18.6 Å². The molecule has 18 heavy (non-hydrogen) atoms. The number of para-hydroxylation sites is 1. The van der Waals surface area contributed by atoms with Gasteiger partial charge in [0.1, 0.15) is 11.3 Å². The van der Waals surface area contributed by atoms with Gasteiger partial charge in [-0.15, -0.1) is 0 Å². The molecule has 1 heterocycles. The highest BCUT2D eigenvalue weighted by Crippen LogP contribution is 2.20. The van der Waals surface area contributed by atoms with Gasteiger partial charge in [0.15, 0.2) is 5.03 Å². The number of sulfonamides is 1.